The Hall–Kier alpha value is -1.06. The highest BCUT2D eigenvalue weighted by atomic mass is 35.5. The van der Waals surface area contributed by atoms with Crippen molar-refractivity contribution in [3.05, 3.63) is 35.9 Å². The van der Waals surface area contributed by atoms with E-state index in [9.17, 15) is 4.79 Å². The lowest BCUT2D eigenvalue weighted by Gasteiger charge is -2.38. The first-order chi connectivity index (χ1) is 8.51. The molecule has 0 aliphatic rings. The highest BCUT2D eigenvalue weighted by molar-refractivity contribution is 6.27. The van der Waals surface area contributed by atoms with E-state index < -0.39 is 0 Å². The van der Waals surface area contributed by atoms with Crippen LogP contribution >= 0.6 is 11.6 Å². The summed E-state index contributed by atoms with van der Waals surface area (Å²) in [5, 5.41) is 0. The Bertz CT molecular complexity index is 379. The molecule has 0 aliphatic heterocycles. The van der Waals surface area contributed by atoms with Crippen molar-refractivity contribution in [3.8, 4) is 0 Å². The van der Waals surface area contributed by atoms with Gasteiger partial charge in [0.05, 0.1) is 12.1 Å². The number of nitrogens with zero attached hydrogens (tertiary/aromatic N) is 1. The zero-order chi connectivity index (χ0) is 13.6. The third-order valence-corrected chi connectivity index (χ3v) is 3.06. The van der Waals surface area contributed by atoms with Crippen LogP contribution in [-0.2, 0) is 16.1 Å². The maximum atomic E-state index is 12.0. The maximum Gasteiger partial charge on any atom is 0.238 e. The minimum atomic E-state index is -0.378. The Morgan fingerprint density at radius 3 is 2.44 bits per heavy atom. The standard InChI is InChI=1S/C14H20ClNO2/c1-14(2,11-18-3)16(13(17)9-15)10-12-7-5-4-6-8-12/h4-8H,9-11H2,1-3H3. The molecule has 0 radical (unpaired) electrons. The first-order valence-electron chi connectivity index (χ1n) is 5.90. The molecule has 0 unspecified atom stereocenters. The molecule has 0 fully saturated rings. The van der Waals surface area contributed by atoms with Crippen LogP contribution in [0.4, 0.5) is 0 Å². The van der Waals surface area contributed by atoms with Gasteiger partial charge in [-0.15, -0.1) is 11.6 Å². The Morgan fingerprint density at radius 2 is 1.94 bits per heavy atom. The molecule has 18 heavy (non-hydrogen) atoms. The molecular weight excluding hydrogens is 250 g/mol. The van der Waals surface area contributed by atoms with Crippen LogP contribution < -0.4 is 0 Å². The third kappa shape index (κ3) is 4.00. The van der Waals surface area contributed by atoms with E-state index in [1.807, 2.05) is 44.2 Å². The summed E-state index contributed by atoms with van der Waals surface area (Å²) in [4.78, 5) is 13.7. The van der Waals surface area contributed by atoms with Gasteiger partial charge < -0.3 is 9.64 Å². The van der Waals surface area contributed by atoms with Crippen LogP contribution in [0.15, 0.2) is 30.3 Å². The zero-order valence-electron chi connectivity index (χ0n) is 11.1. The van der Waals surface area contributed by atoms with Crippen LogP contribution in [0, 0.1) is 0 Å². The Labute approximate surface area is 114 Å². The number of amides is 1. The molecule has 3 nitrogen and oxygen atoms in total. The molecule has 1 rings (SSSR count). The summed E-state index contributed by atoms with van der Waals surface area (Å²) in [6.07, 6.45) is 0. The van der Waals surface area contributed by atoms with E-state index in [2.05, 4.69) is 0 Å². The molecule has 0 heterocycles. The topological polar surface area (TPSA) is 29.5 Å². The smallest absolute Gasteiger partial charge is 0.238 e. The van der Waals surface area contributed by atoms with Crippen LogP contribution in [0.3, 0.4) is 0 Å². The fourth-order valence-corrected chi connectivity index (χ4v) is 2.05. The predicted molar refractivity (Wildman–Crippen MR) is 73.7 cm³/mol. The molecule has 0 aliphatic carbocycles. The predicted octanol–water partition coefficient (Wildman–Crippen LogP) is 2.68. The molecule has 0 saturated heterocycles. The van der Waals surface area contributed by atoms with Crippen LogP contribution in [0.2, 0.25) is 0 Å². The van der Waals surface area contributed by atoms with Crippen molar-refractivity contribution >= 4 is 17.5 Å². The number of halogens is 1. The van der Waals surface area contributed by atoms with Gasteiger partial charge in [-0.2, -0.15) is 0 Å². The van der Waals surface area contributed by atoms with Crippen LogP contribution in [0.25, 0.3) is 0 Å². The average molecular weight is 270 g/mol. The van der Waals surface area contributed by atoms with Gasteiger partial charge in [-0.1, -0.05) is 30.3 Å². The van der Waals surface area contributed by atoms with Gasteiger partial charge in [-0.25, -0.2) is 0 Å². The summed E-state index contributed by atoms with van der Waals surface area (Å²) in [7, 11) is 1.63. The minimum Gasteiger partial charge on any atom is -0.382 e. The van der Waals surface area contributed by atoms with Crippen molar-refractivity contribution in [1.29, 1.82) is 0 Å². The number of ether oxygens (including phenoxy) is 1. The summed E-state index contributed by atoms with van der Waals surface area (Å²) >= 11 is 5.69. The first-order valence-corrected chi connectivity index (χ1v) is 6.44. The number of benzene rings is 1. The van der Waals surface area contributed by atoms with Gasteiger partial charge >= 0.3 is 0 Å². The molecule has 1 aromatic rings. The van der Waals surface area contributed by atoms with E-state index in [0.717, 1.165) is 5.56 Å². The van der Waals surface area contributed by atoms with Crippen molar-refractivity contribution in [2.24, 2.45) is 0 Å². The largest absolute Gasteiger partial charge is 0.382 e. The second kappa shape index (κ2) is 6.76. The van der Waals surface area contributed by atoms with Crippen molar-refractivity contribution in [1.82, 2.24) is 4.90 Å². The van der Waals surface area contributed by atoms with Gasteiger partial charge in [0.2, 0.25) is 5.91 Å². The van der Waals surface area contributed by atoms with E-state index in [4.69, 9.17) is 16.3 Å². The highest BCUT2D eigenvalue weighted by Crippen LogP contribution is 2.19. The second-order valence-corrected chi connectivity index (χ2v) is 5.11. The monoisotopic (exact) mass is 269 g/mol. The van der Waals surface area contributed by atoms with Gasteiger partial charge in [0.1, 0.15) is 5.88 Å². The summed E-state index contributed by atoms with van der Waals surface area (Å²) in [6.45, 7) is 4.97. The van der Waals surface area contributed by atoms with Gasteiger partial charge in [-0.05, 0) is 19.4 Å². The first kappa shape index (κ1) is 15.0. The number of methoxy groups -OCH3 is 1. The lowest BCUT2D eigenvalue weighted by Crippen LogP contribution is -2.50. The SMILES string of the molecule is COCC(C)(C)N(Cc1ccccc1)C(=O)CCl. The summed E-state index contributed by atoms with van der Waals surface area (Å²) in [6, 6.07) is 9.87. The Balaban J connectivity index is 2.89. The molecule has 0 atom stereocenters. The lowest BCUT2D eigenvalue weighted by molar-refractivity contribution is -0.136. The van der Waals surface area contributed by atoms with E-state index >= 15 is 0 Å². The fraction of sp³-hybridized carbons (Fsp3) is 0.500. The number of hydrogen-bond acceptors (Lipinski definition) is 2. The van der Waals surface area contributed by atoms with Crippen LogP contribution in [-0.4, -0.2) is 35.9 Å². The lowest BCUT2D eigenvalue weighted by atomic mass is 10.0. The average Bonchev–Trinajstić information content (AvgIpc) is 2.36. The second-order valence-electron chi connectivity index (χ2n) is 4.84. The molecule has 0 aromatic heterocycles. The number of rotatable bonds is 6. The molecule has 4 heteroatoms. The van der Waals surface area contributed by atoms with E-state index in [1.54, 1.807) is 12.0 Å². The number of carbonyl (C=O) groups excluding carboxylic acids is 1. The fourth-order valence-electron chi connectivity index (χ4n) is 1.91. The van der Waals surface area contributed by atoms with Gasteiger partial charge in [0, 0.05) is 13.7 Å². The molecule has 1 amide bonds. The normalized spacial score (nSPS) is 11.3. The van der Waals surface area contributed by atoms with E-state index in [0.29, 0.717) is 13.2 Å². The van der Waals surface area contributed by atoms with Crippen molar-refractivity contribution < 1.29 is 9.53 Å². The van der Waals surface area contributed by atoms with Crippen LogP contribution in [0.5, 0.6) is 0 Å². The maximum absolute atomic E-state index is 12.0. The minimum absolute atomic E-state index is 0.0139. The summed E-state index contributed by atoms with van der Waals surface area (Å²) < 4.78 is 5.18. The third-order valence-electron chi connectivity index (χ3n) is 2.83. The van der Waals surface area contributed by atoms with E-state index in [-0.39, 0.29) is 17.3 Å². The summed E-state index contributed by atoms with van der Waals surface area (Å²) in [5.41, 5.74) is 0.705. The number of alkyl halides is 1. The Kier molecular flexibility index (Phi) is 5.63. The number of carbonyl (C=O) groups is 1. The molecule has 1 aromatic carbocycles. The molecule has 0 N–H and O–H groups in total. The van der Waals surface area contributed by atoms with Crippen molar-refractivity contribution in [2.75, 3.05) is 19.6 Å². The molecule has 0 spiro atoms. The zero-order valence-corrected chi connectivity index (χ0v) is 11.9. The van der Waals surface area contributed by atoms with Gasteiger partial charge in [-0.3, -0.25) is 4.79 Å². The van der Waals surface area contributed by atoms with Gasteiger partial charge in [0.15, 0.2) is 0 Å². The molecular formula is C14H20ClNO2. The Morgan fingerprint density at radius 1 is 1.33 bits per heavy atom. The number of hydrogen-bond donors (Lipinski definition) is 0. The van der Waals surface area contributed by atoms with Crippen molar-refractivity contribution in [3.63, 3.8) is 0 Å². The van der Waals surface area contributed by atoms with Gasteiger partial charge in [0.25, 0.3) is 0 Å². The van der Waals surface area contributed by atoms with Crippen LogP contribution in [0.1, 0.15) is 19.4 Å². The van der Waals surface area contributed by atoms with E-state index in [1.165, 1.54) is 0 Å². The molecule has 100 valence electrons. The van der Waals surface area contributed by atoms with Crippen molar-refractivity contribution in [2.45, 2.75) is 25.9 Å². The highest BCUT2D eigenvalue weighted by Gasteiger charge is 2.30. The molecule has 0 bridgehead atoms. The molecule has 0 saturated carbocycles. The summed E-state index contributed by atoms with van der Waals surface area (Å²) in [5.74, 6) is -0.0949. The quantitative estimate of drug-likeness (QED) is 0.743.